The summed E-state index contributed by atoms with van der Waals surface area (Å²) in [7, 11) is 0. The van der Waals surface area contributed by atoms with E-state index in [0.29, 0.717) is 12.8 Å². The summed E-state index contributed by atoms with van der Waals surface area (Å²) in [4.78, 5) is 58.4. The SMILES string of the molecule is CC(C)(C)OC(=O)N(CCc1cc(Br)sc1-c1ccc(-c2sc(Br)cc2CCN(C(=O)OC(C)(C)C)C(=O)OC(C)(C)C)s1)C(=O)OC(C)(C)C. The maximum absolute atomic E-state index is 13.1. The Bertz CT molecular complexity index is 1540. The maximum Gasteiger partial charge on any atom is 0.419 e. The third-order valence-corrected chi connectivity index (χ3v) is 11.1. The van der Waals surface area contributed by atoms with Crippen molar-refractivity contribution in [2.45, 2.75) is 118 Å². The van der Waals surface area contributed by atoms with Gasteiger partial charge in [0.2, 0.25) is 0 Å². The van der Waals surface area contributed by atoms with Crippen molar-refractivity contribution in [1.82, 2.24) is 9.80 Å². The van der Waals surface area contributed by atoms with E-state index in [2.05, 4.69) is 31.9 Å². The van der Waals surface area contributed by atoms with E-state index in [1.807, 2.05) is 24.3 Å². The fraction of sp³-hybridized carbons (Fsp3) is 0.556. The van der Waals surface area contributed by atoms with Gasteiger partial charge >= 0.3 is 24.4 Å². The molecular formula is C36H48Br2N2O8S3. The van der Waals surface area contributed by atoms with Crippen molar-refractivity contribution in [3.8, 4) is 19.5 Å². The summed E-state index contributed by atoms with van der Waals surface area (Å²) >= 11 is 12.0. The first kappa shape index (κ1) is 42.9. The van der Waals surface area contributed by atoms with Crippen LogP contribution < -0.4 is 0 Å². The van der Waals surface area contributed by atoms with Crippen LogP contribution in [0.1, 0.15) is 94.2 Å². The normalized spacial score (nSPS) is 12.4. The molecule has 0 bridgehead atoms. The zero-order valence-electron chi connectivity index (χ0n) is 31.3. The highest BCUT2D eigenvalue weighted by molar-refractivity contribution is 9.11. The second-order valence-corrected chi connectivity index (χ2v) is 21.6. The number of hydrogen-bond acceptors (Lipinski definition) is 11. The van der Waals surface area contributed by atoms with Gasteiger partial charge in [0, 0.05) is 32.6 Å². The quantitative estimate of drug-likeness (QED) is 0.206. The lowest BCUT2D eigenvalue weighted by Crippen LogP contribution is -2.44. The predicted octanol–water partition coefficient (Wildman–Crippen LogP) is 12.2. The molecule has 282 valence electrons. The largest absolute Gasteiger partial charge is 0.443 e. The molecule has 10 nitrogen and oxygen atoms in total. The number of thiophene rings is 3. The fourth-order valence-corrected chi connectivity index (χ4v) is 9.10. The first-order valence-electron chi connectivity index (χ1n) is 16.4. The molecule has 4 amide bonds. The lowest BCUT2D eigenvalue weighted by Gasteiger charge is -2.28. The summed E-state index contributed by atoms with van der Waals surface area (Å²) < 4.78 is 24.0. The van der Waals surface area contributed by atoms with Gasteiger partial charge in [-0.05, 0) is 163 Å². The van der Waals surface area contributed by atoms with Crippen molar-refractivity contribution in [2.24, 2.45) is 0 Å². The molecule has 0 aliphatic carbocycles. The molecule has 0 spiro atoms. The van der Waals surface area contributed by atoms with E-state index in [0.717, 1.165) is 48.0 Å². The van der Waals surface area contributed by atoms with Crippen molar-refractivity contribution in [3.63, 3.8) is 0 Å². The summed E-state index contributed by atoms with van der Waals surface area (Å²) in [6.45, 7) is 21.1. The van der Waals surface area contributed by atoms with Gasteiger partial charge in [-0.25, -0.2) is 29.0 Å². The Morgan fingerprint density at radius 3 is 1.06 bits per heavy atom. The lowest BCUT2D eigenvalue weighted by molar-refractivity contribution is -0.000449. The Balaban J connectivity index is 1.87. The number of hydrogen-bond donors (Lipinski definition) is 0. The van der Waals surface area contributed by atoms with Crippen molar-refractivity contribution < 1.29 is 38.1 Å². The van der Waals surface area contributed by atoms with E-state index >= 15 is 0 Å². The Morgan fingerprint density at radius 1 is 0.529 bits per heavy atom. The van der Waals surface area contributed by atoms with Crippen LogP contribution in [0.2, 0.25) is 0 Å². The van der Waals surface area contributed by atoms with Crippen LogP contribution in [-0.2, 0) is 31.8 Å². The molecule has 0 radical (unpaired) electrons. The monoisotopic (exact) mass is 890 g/mol. The number of carbonyl (C=O) groups is 4. The van der Waals surface area contributed by atoms with Gasteiger partial charge in [0.1, 0.15) is 22.4 Å². The number of imide groups is 2. The molecule has 0 aliphatic rings. The van der Waals surface area contributed by atoms with Gasteiger partial charge in [-0.2, -0.15) is 0 Å². The van der Waals surface area contributed by atoms with Crippen LogP contribution in [0.5, 0.6) is 0 Å². The molecular weight excluding hydrogens is 844 g/mol. The van der Waals surface area contributed by atoms with Crippen LogP contribution in [0.3, 0.4) is 0 Å². The molecule has 0 aliphatic heterocycles. The number of amides is 4. The van der Waals surface area contributed by atoms with Gasteiger partial charge in [0.15, 0.2) is 0 Å². The van der Waals surface area contributed by atoms with Gasteiger partial charge in [-0.1, -0.05) is 0 Å². The van der Waals surface area contributed by atoms with Gasteiger partial charge < -0.3 is 18.9 Å². The molecule has 3 heterocycles. The average Bonchev–Trinajstić information content (AvgIpc) is 3.62. The van der Waals surface area contributed by atoms with E-state index < -0.39 is 46.8 Å². The maximum atomic E-state index is 13.1. The van der Waals surface area contributed by atoms with Crippen LogP contribution in [-0.4, -0.2) is 69.7 Å². The average molecular weight is 893 g/mol. The van der Waals surface area contributed by atoms with Crippen LogP contribution in [0.4, 0.5) is 19.2 Å². The van der Waals surface area contributed by atoms with Gasteiger partial charge in [0.25, 0.3) is 0 Å². The number of ether oxygens (including phenoxy) is 4. The molecule has 0 aromatic carbocycles. The summed E-state index contributed by atoms with van der Waals surface area (Å²) in [5.41, 5.74) is -1.26. The minimum atomic E-state index is -0.791. The Morgan fingerprint density at radius 2 is 0.804 bits per heavy atom. The van der Waals surface area contributed by atoms with Crippen molar-refractivity contribution >= 4 is 90.2 Å². The fourth-order valence-electron chi connectivity index (χ4n) is 4.41. The van der Waals surface area contributed by atoms with Crippen molar-refractivity contribution in [2.75, 3.05) is 13.1 Å². The van der Waals surface area contributed by atoms with Crippen LogP contribution in [0.15, 0.2) is 31.8 Å². The van der Waals surface area contributed by atoms with Crippen LogP contribution in [0.25, 0.3) is 19.5 Å². The van der Waals surface area contributed by atoms with Crippen molar-refractivity contribution in [1.29, 1.82) is 0 Å². The molecule has 0 unspecified atom stereocenters. The molecule has 51 heavy (non-hydrogen) atoms. The molecule has 0 saturated heterocycles. The molecule has 3 rings (SSSR count). The van der Waals surface area contributed by atoms with E-state index in [4.69, 9.17) is 18.9 Å². The van der Waals surface area contributed by atoms with Crippen molar-refractivity contribution in [3.05, 3.63) is 43.0 Å². The zero-order chi connectivity index (χ0) is 38.7. The first-order valence-corrected chi connectivity index (χ1v) is 20.4. The molecule has 3 aromatic heterocycles. The predicted molar refractivity (Wildman–Crippen MR) is 212 cm³/mol. The molecule has 15 heteroatoms. The van der Waals surface area contributed by atoms with E-state index in [-0.39, 0.29) is 13.1 Å². The van der Waals surface area contributed by atoms with Gasteiger partial charge in [-0.15, -0.1) is 34.0 Å². The van der Waals surface area contributed by atoms with E-state index in [1.165, 1.54) is 0 Å². The highest BCUT2D eigenvalue weighted by Gasteiger charge is 2.33. The minimum Gasteiger partial charge on any atom is -0.443 e. The molecule has 0 fully saturated rings. The summed E-state index contributed by atoms with van der Waals surface area (Å²) in [6.07, 6.45) is -2.30. The molecule has 0 saturated carbocycles. The van der Waals surface area contributed by atoms with Gasteiger partial charge in [-0.3, -0.25) is 0 Å². The summed E-state index contributed by atoms with van der Waals surface area (Å²) in [5, 5.41) is 0. The van der Waals surface area contributed by atoms with E-state index in [1.54, 1.807) is 117 Å². The topological polar surface area (TPSA) is 112 Å². The Kier molecular flexibility index (Phi) is 14.1. The number of nitrogens with zero attached hydrogens (tertiary/aromatic N) is 2. The number of rotatable bonds is 8. The zero-order valence-corrected chi connectivity index (χ0v) is 36.9. The second-order valence-electron chi connectivity index (χ2n) is 15.7. The first-order chi connectivity index (χ1) is 23.2. The summed E-state index contributed by atoms with van der Waals surface area (Å²) in [6, 6.07) is 8.09. The van der Waals surface area contributed by atoms with Crippen LogP contribution in [0, 0.1) is 0 Å². The number of halogens is 2. The molecule has 0 atom stereocenters. The standard InChI is InChI=1S/C36H48Br2N2O8S3/c1-33(2,3)45-29(41)39(30(42)46-34(4,5)6)17-15-21-19-25(37)50-27(21)23-13-14-24(49-23)28-22(20-26(38)51-28)16-18-40(31(43)47-35(7,8)9)32(44)48-36(10,11)12/h13-14,19-20H,15-18H2,1-12H3. The Hall–Kier alpha value is -2.46. The minimum absolute atomic E-state index is 0.0616. The molecule has 3 aromatic rings. The van der Waals surface area contributed by atoms with Gasteiger partial charge in [0.05, 0.1) is 7.57 Å². The van der Waals surface area contributed by atoms with Crippen LogP contribution >= 0.6 is 65.9 Å². The molecule has 0 N–H and O–H groups in total. The second kappa shape index (κ2) is 16.7. The Labute approximate surface area is 330 Å². The number of carbonyl (C=O) groups excluding carboxylic acids is 4. The third kappa shape index (κ3) is 13.8. The summed E-state index contributed by atoms with van der Waals surface area (Å²) in [5.74, 6) is 0. The third-order valence-electron chi connectivity index (χ3n) is 6.28. The highest BCUT2D eigenvalue weighted by atomic mass is 79.9. The smallest absolute Gasteiger partial charge is 0.419 e. The highest BCUT2D eigenvalue weighted by Crippen LogP contribution is 2.45. The van der Waals surface area contributed by atoms with E-state index in [9.17, 15) is 19.2 Å². The lowest BCUT2D eigenvalue weighted by atomic mass is 10.1.